The highest BCUT2D eigenvalue weighted by Gasteiger charge is 2.32. The van der Waals surface area contributed by atoms with E-state index in [0.29, 0.717) is 31.0 Å². The van der Waals surface area contributed by atoms with E-state index in [1.165, 1.54) is 11.0 Å². The quantitative estimate of drug-likeness (QED) is 0.899. The van der Waals surface area contributed by atoms with Gasteiger partial charge in [-0.05, 0) is 25.2 Å². The van der Waals surface area contributed by atoms with Crippen molar-refractivity contribution >= 4 is 23.8 Å². The number of ether oxygens (including phenoxy) is 1. The Morgan fingerprint density at radius 2 is 2.26 bits per heavy atom. The van der Waals surface area contributed by atoms with Gasteiger partial charge < -0.3 is 15.0 Å². The van der Waals surface area contributed by atoms with E-state index < -0.39 is 6.09 Å². The standard InChI is InChI=1S/C15H20FN5O2/c1-17-8-12-9-21(15(22)23-12)11-3-4-14(13(16)7-11)20-6-5-19(2)18-10-20/h3-4,7,10,12,17H,5-6,8-9H2,1-2H3. The molecule has 0 aliphatic carbocycles. The van der Waals surface area contributed by atoms with Crippen molar-refractivity contribution in [2.75, 3.05) is 50.1 Å². The molecule has 1 aromatic rings. The number of rotatable bonds is 4. The van der Waals surface area contributed by atoms with E-state index in [4.69, 9.17) is 4.74 Å². The van der Waals surface area contributed by atoms with Crippen molar-refractivity contribution in [3.8, 4) is 0 Å². The number of halogens is 1. The summed E-state index contributed by atoms with van der Waals surface area (Å²) in [7, 11) is 3.66. The van der Waals surface area contributed by atoms with Crippen molar-refractivity contribution in [1.29, 1.82) is 0 Å². The lowest BCUT2D eigenvalue weighted by Gasteiger charge is -2.28. The highest BCUT2D eigenvalue weighted by molar-refractivity contribution is 5.90. The van der Waals surface area contributed by atoms with Gasteiger partial charge in [0.15, 0.2) is 0 Å². The number of carbonyl (C=O) groups excluding carboxylic acids is 1. The summed E-state index contributed by atoms with van der Waals surface area (Å²) in [6, 6.07) is 4.76. The fourth-order valence-corrected chi connectivity index (χ4v) is 2.66. The number of hydrogen-bond donors (Lipinski definition) is 1. The number of anilines is 2. The molecule has 0 bridgehead atoms. The normalized spacial score (nSPS) is 21.1. The van der Waals surface area contributed by atoms with Crippen LogP contribution in [0.15, 0.2) is 23.3 Å². The molecule has 1 saturated heterocycles. The van der Waals surface area contributed by atoms with Crippen molar-refractivity contribution in [3.63, 3.8) is 0 Å². The van der Waals surface area contributed by atoms with Gasteiger partial charge in [-0.25, -0.2) is 9.18 Å². The minimum Gasteiger partial charge on any atom is -0.443 e. The molecule has 1 atom stereocenters. The predicted octanol–water partition coefficient (Wildman–Crippen LogP) is 1.07. The van der Waals surface area contributed by atoms with E-state index in [1.54, 1.807) is 35.4 Å². The monoisotopic (exact) mass is 321 g/mol. The third-order valence-electron chi connectivity index (χ3n) is 3.91. The van der Waals surface area contributed by atoms with E-state index in [0.717, 1.165) is 6.54 Å². The Morgan fingerprint density at radius 3 is 2.91 bits per heavy atom. The molecule has 1 aromatic carbocycles. The van der Waals surface area contributed by atoms with Crippen LogP contribution in [0.25, 0.3) is 0 Å². The van der Waals surface area contributed by atoms with Gasteiger partial charge in [-0.2, -0.15) is 5.10 Å². The van der Waals surface area contributed by atoms with Crippen molar-refractivity contribution in [3.05, 3.63) is 24.0 Å². The first kappa shape index (κ1) is 15.5. The first-order valence-corrected chi connectivity index (χ1v) is 7.52. The number of benzene rings is 1. The molecule has 23 heavy (non-hydrogen) atoms. The Labute approximate surface area is 134 Å². The fourth-order valence-electron chi connectivity index (χ4n) is 2.66. The molecule has 0 saturated carbocycles. The molecular weight excluding hydrogens is 301 g/mol. The second-order valence-corrected chi connectivity index (χ2v) is 5.62. The van der Waals surface area contributed by atoms with E-state index >= 15 is 0 Å². The van der Waals surface area contributed by atoms with Crippen LogP contribution in [-0.4, -0.2) is 63.8 Å². The van der Waals surface area contributed by atoms with Crippen LogP contribution in [-0.2, 0) is 4.74 Å². The molecule has 2 heterocycles. The summed E-state index contributed by atoms with van der Waals surface area (Å²) in [4.78, 5) is 15.1. The third kappa shape index (κ3) is 3.21. The van der Waals surface area contributed by atoms with Gasteiger partial charge in [0.05, 0.1) is 24.5 Å². The third-order valence-corrected chi connectivity index (χ3v) is 3.91. The number of hydrogen-bond acceptors (Lipinski definition) is 6. The second kappa shape index (κ2) is 6.41. The lowest BCUT2D eigenvalue weighted by atomic mass is 10.2. The number of likely N-dealkylation sites (N-methyl/N-ethyl adjacent to an activating group) is 2. The minimum atomic E-state index is -0.446. The molecule has 7 nitrogen and oxygen atoms in total. The zero-order chi connectivity index (χ0) is 16.4. The first-order valence-electron chi connectivity index (χ1n) is 7.52. The average Bonchev–Trinajstić information content (AvgIpc) is 2.89. The molecule has 1 N–H and O–H groups in total. The molecule has 8 heteroatoms. The number of nitrogens with one attached hydrogen (secondary N) is 1. The Bertz CT molecular complexity index is 624. The van der Waals surface area contributed by atoms with Crippen molar-refractivity contribution in [2.45, 2.75) is 6.10 Å². The van der Waals surface area contributed by atoms with Crippen LogP contribution < -0.4 is 15.1 Å². The smallest absolute Gasteiger partial charge is 0.414 e. The van der Waals surface area contributed by atoms with Crippen molar-refractivity contribution < 1.29 is 13.9 Å². The molecule has 2 aliphatic heterocycles. The van der Waals surface area contributed by atoms with Gasteiger partial charge in [0, 0.05) is 20.1 Å². The summed E-state index contributed by atoms with van der Waals surface area (Å²) >= 11 is 0. The Hall–Kier alpha value is -2.35. The first-order chi connectivity index (χ1) is 11.1. The molecule has 0 aromatic heterocycles. The van der Waals surface area contributed by atoms with E-state index in [1.807, 2.05) is 7.05 Å². The molecule has 124 valence electrons. The van der Waals surface area contributed by atoms with Crippen molar-refractivity contribution in [1.82, 2.24) is 10.3 Å². The van der Waals surface area contributed by atoms with Crippen LogP contribution in [0.1, 0.15) is 0 Å². The van der Waals surface area contributed by atoms with Crippen LogP contribution >= 0.6 is 0 Å². The molecule has 0 spiro atoms. The molecule has 2 aliphatic rings. The van der Waals surface area contributed by atoms with Crippen molar-refractivity contribution in [2.24, 2.45) is 5.10 Å². The van der Waals surface area contributed by atoms with Gasteiger partial charge >= 0.3 is 6.09 Å². The Morgan fingerprint density at radius 1 is 1.43 bits per heavy atom. The number of nitrogens with zero attached hydrogens (tertiary/aromatic N) is 4. The largest absolute Gasteiger partial charge is 0.443 e. The zero-order valence-electron chi connectivity index (χ0n) is 13.2. The predicted molar refractivity (Wildman–Crippen MR) is 86.4 cm³/mol. The summed E-state index contributed by atoms with van der Waals surface area (Å²) in [5.74, 6) is -0.386. The van der Waals surface area contributed by atoms with E-state index in [-0.39, 0.29) is 11.9 Å². The maximum Gasteiger partial charge on any atom is 0.414 e. The summed E-state index contributed by atoms with van der Waals surface area (Å²) < 4.78 is 19.7. The maximum atomic E-state index is 14.4. The summed E-state index contributed by atoms with van der Waals surface area (Å²) in [5, 5.41) is 8.91. The average molecular weight is 321 g/mol. The number of amides is 1. The van der Waals surface area contributed by atoms with Gasteiger partial charge in [0.2, 0.25) is 0 Å². The second-order valence-electron chi connectivity index (χ2n) is 5.62. The lowest BCUT2D eigenvalue weighted by Crippen LogP contribution is -2.36. The summed E-state index contributed by atoms with van der Waals surface area (Å²) in [5.41, 5.74) is 0.950. The molecular formula is C15H20FN5O2. The molecule has 0 radical (unpaired) electrons. The minimum absolute atomic E-state index is 0.222. The van der Waals surface area contributed by atoms with Crippen LogP contribution in [0.5, 0.6) is 0 Å². The SMILES string of the molecule is CNCC1CN(c2ccc(N3C=NN(C)CC3)c(F)c2)C(=O)O1. The van der Waals surface area contributed by atoms with E-state index in [9.17, 15) is 9.18 Å². The van der Waals surface area contributed by atoms with Crippen LogP contribution in [0.4, 0.5) is 20.6 Å². The topological polar surface area (TPSA) is 60.4 Å². The van der Waals surface area contributed by atoms with Gasteiger partial charge in [0.25, 0.3) is 0 Å². The zero-order valence-corrected chi connectivity index (χ0v) is 13.2. The summed E-state index contributed by atoms with van der Waals surface area (Å²) in [6.07, 6.45) is 0.938. The Balaban J connectivity index is 1.77. The van der Waals surface area contributed by atoms with Crippen LogP contribution in [0.2, 0.25) is 0 Å². The molecule has 1 fully saturated rings. The molecule has 1 amide bonds. The maximum absolute atomic E-state index is 14.4. The highest BCUT2D eigenvalue weighted by atomic mass is 19.1. The van der Waals surface area contributed by atoms with E-state index in [2.05, 4.69) is 10.4 Å². The van der Waals surface area contributed by atoms with Gasteiger partial charge in [-0.1, -0.05) is 0 Å². The lowest BCUT2D eigenvalue weighted by molar-refractivity contribution is 0.141. The Kier molecular flexibility index (Phi) is 4.33. The number of cyclic esters (lactones) is 1. The molecule has 1 unspecified atom stereocenters. The van der Waals surface area contributed by atoms with Crippen LogP contribution in [0.3, 0.4) is 0 Å². The fraction of sp³-hybridized carbons (Fsp3) is 0.467. The van der Waals surface area contributed by atoms with Crippen LogP contribution in [0, 0.1) is 5.82 Å². The summed E-state index contributed by atoms with van der Waals surface area (Å²) in [6.45, 7) is 2.36. The highest BCUT2D eigenvalue weighted by Crippen LogP contribution is 2.27. The van der Waals surface area contributed by atoms with Gasteiger partial charge in [0.1, 0.15) is 18.3 Å². The van der Waals surface area contributed by atoms with Gasteiger partial charge in [-0.15, -0.1) is 0 Å². The number of hydrazone groups is 1. The van der Waals surface area contributed by atoms with Gasteiger partial charge in [-0.3, -0.25) is 9.91 Å². The molecule has 3 rings (SSSR count). The number of carbonyl (C=O) groups is 1.